The molecule has 0 spiro atoms. The molecule has 0 aliphatic heterocycles. The Balaban J connectivity index is 2.15. The summed E-state index contributed by atoms with van der Waals surface area (Å²) in [5.74, 6) is -1.57. The van der Waals surface area contributed by atoms with Crippen LogP contribution in [0.25, 0.3) is 0 Å². The molecule has 6 nitrogen and oxygen atoms in total. The summed E-state index contributed by atoms with van der Waals surface area (Å²) in [6.07, 6.45) is 4.65. The molecule has 130 valence electrons. The van der Waals surface area contributed by atoms with Crippen LogP contribution in [0.3, 0.4) is 0 Å². The third kappa shape index (κ3) is 4.13. The monoisotopic (exact) mass is 332 g/mol. The third-order valence-electron chi connectivity index (χ3n) is 4.69. The number of carbonyl (C=O) groups is 3. The van der Waals surface area contributed by atoms with Crippen molar-refractivity contribution in [2.75, 3.05) is 12.4 Å². The Kier molecular flexibility index (Phi) is 5.95. The summed E-state index contributed by atoms with van der Waals surface area (Å²) >= 11 is 0. The molecule has 1 aliphatic rings. The number of aliphatic carboxylic acids is 1. The number of nitrogens with one attached hydrogen (secondary N) is 2. The van der Waals surface area contributed by atoms with Crippen molar-refractivity contribution >= 4 is 23.5 Å². The smallest absolute Gasteiger partial charge is 0.310 e. The van der Waals surface area contributed by atoms with Crippen LogP contribution in [0.2, 0.25) is 0 Å². The van der Waals surface area contributed by atoms with E-state index in [4.69, 9.17) is 0 Å². The number of benzene rings is 1. The highest BCUT2D eigenvalue weighted by molar-refractivity contribution is 6.04. The van der Waals surface area contributed by atoms with Crippen molar-refractivity contribution in [1.29, 1.82) is 0 Å². The van der Waals surface area contributed by atoms with Crippen molar-refractivity contribution in [2.24, 2.45) is 5.41 Å². The second kappa shape index (κ2) is 7.95. The highest BCUT2D eigenvalue weighted by Gasteiger charge is 2.40. The van der Waals surface area contributed by atoms with Gasteiger partial charge in [0.25, 0.3) is 5.91 Å². The fourth-order valence-corrected chi connectivity index (χ4v) is 3.30. The molecule has 1 saturated carbocycles. The SMILES string of the molecule is CNC(=O)c1ccccc1NC(=O)CC1(C(=O)O)CCCCCC1. The van der Waals surface area contributed by atoms with Gasteiger partial charge in [0.15, 0.2) is 0 Å². The number of hydrogen-bond donors (Lipinski definition) is 3. The lowest BCUT2D eigenvalue weighted by Gasteiger charge is -2.27. The minimum Gasteiger partial charge on any atom is -0.481 e. The van der Waals surface area contributed by atoms with Gasteiger partial charge >= 0.3 is 5.97 Å². The molecule has 1 aliphatic carbocycles. The number of carbonyl (C=O) groups excluding carboxylic acids is 2. The van der Waals surface area contributed by atoms with Crippen molar-refractivity contribution in [2.45, 2.75) is 44.9 Å². The van der Waals surface area contributed by atoms with Crippen LogP contribution in [0, 0.1) is 5.41 Å². The minimum absolute atomic E-state index is 0.0651. The maximum atomic E-state index is 12.5. The van der Waals surface area contributed by atoms with Crippen LogP contribution in [-0.2, 0) is 9.59 Å². The fraction of sp³-hybridized carbons (Fsp3) is 0.500. The van der Waals surface area contributed by atoms with Crippen molar-refractivity contribution in [3.63, 3.8) is 0 Å². The Bertz CT molecular complexity index is 619. The van der Waals surface area contributed by atoms with Gasteiger partial charge in [-0.1, -0.05) is 37.8 Å². The van der Waals surface area contributed by atoms with E-state index in [1.165, 1.54) is 7.05 Å². The lowest BCUT2D eigenvalue weighted by molar-refractivity contribution is -0.152. The first-order valence-corrected chi connectivity index (χ1v) is 8.33. The number of carboxylic acids is 1. The van der Waals surface area contributed by atoms with Gasteiger partial charge in [-0.25, -0.2) is 0 Å². The predicted octanol–water partition coefficient (Wildman–Crippen LogP) is 2.80. The average Bonchev–Trinajstić information content (AvgIpc) is 2.81. The molecule has 0 aromatic heterocycles. The Hall–Kier alpha value is -2.37. The van der Waals surface area contributed by atoms with Crippen LogP contribution >= 0.6 is 0 Å². The number of carboxylic acid groups (broad SMARTS) is 1. The first kappa shape index (κ1) is 18.0. The lowest BCUT2D eigenvalue weighted by Crippen LogP contribution is -2.35. The van der Waals surface area contributed by atoms with Crippen LogP contribution in [-0.4, -0.2) is 29.9 Å². The van der Waals surface area contributed by atoms with E-state index in [-0.39, 0.29) is 18.2 Å². The summed E-state index contributed by atoms with van der Waals surface area (Å²) in [4.78, 5) is 36.1. The van der Waals surface area contributed by atoms with Gasteiger partial charge in [-0.15, -0.1) is 0 Å². The fourth-order valence-electron chi connectivity index (χ4n) is 3.30. The molecule has 0 bridgehead atoms. The van der Waals surface area contributed by atoms with Gasteiger partial charge in [-0.2, -0.15) is 0 Å². The number of amides is 2. The Labute approximate surface area is 141 Å². The predicted molar refractivity (Wildman–Crippen MR) is 90.8 cm³/mol. The second-order valence-electron chi connectivity index (χ2n) is 6.35. The molecule has 0 heterocycles. The Morgan fingerprint density at radius 1 is 1.08 bits per heavy atom. The summed E-state index contributed by atoms with van der Waals surface area (Å²) in [7, 11) is 1.52. The zero-order valence-electron chi connectivity index (χ0n) is 13.9. The second-order valence-corrected chi connectivity index (χ2v) is 6.35. The van der Waals surface area contributed by atoms with E-state index in [2.05, 4.69) is 10.6 Å². The van der Waals surface area contributed by atoms with E-state index in [0.29, 0.717) is 24.1 Å². The molecular weight excluding hydrogens is 308 g/mol. The maximum absolute atomic E-state index is 12.5. The molecule has 6 heteroatoms. The standard InChI is InChI=1S/C18H24N2O4/c1-19-16(22)13-8-4-5-9-14(13)20-15(21)12-18(17(23)24)10-6-2-3-7-11-18/h4-5,8-9H,2-3,6-7,10-12H2,1H3,(H,19,22)(H,20,21)(H,23,24). The quantitative estimate of drug-likeness (QED) is 0.723. The van der Waals surface area contributed by atoms with Crippen molar-refractivity contribution in [3.05, 3.63) is 29.8 Å². The van der Waals surface area contributed by atoms with Crippen LogP contribution < -0.4 is 10.6 Å². The van der Waals surface area contributed by atoms with Gasteiger partial charge in [0.2, 0.25) is 5.91 Å². The van der Waals surface area contributed by atoms with Crippen molar-refractivity contribution in [3.8, 4) is 0 Å². The molecule has 1 aromatic carbocycles. The van der Waals surface area contributed by atoms with Crippen LogP contribution in [0.1, 0.15) is 55.3 Å². The number of para-hydroxylation sites is 1. The van der Waals surface area contributed by atoms with Gasteiger partial charge in [0.05, 0.1) is 16.7 Å². The molecule has 0 atom stereocenters. The van der Waals surface area contributed by atoms with Crippen molar-refractivity contribution in [1.82, 2.24) is 5.32 Å². The van der Waals surface area contributed by atoms with E-state index in [0.717, 1.165) is 25.7 Å². The molecule has 2 rings (SSSR count). The first-order valence-electron chi connectivity index (χ1n) is 8.33. The van der Waals surface area contributed by atoms with Crippen molar-refractivity contribution < 1.29 is 19.5 Å². The summed E-state index contributed by atoms with van der Waals surface area (Å²) in [6, 6.07) is 6.70. The Morgan fingerprint density at radius 2 is 1.71 bits per heavy atom. The average molecular weight is 332 g/mol. The third-order valence-corrected chi connectivity index (χ3v) is 4.69. The topological polar surface area (TPSA) is 95.5 Å². The molecular formula is C18H24N2O4. The van der Waals surface area contributed by atoms with E-state index in [1.807, 2.05) is 0 Å². The molecule has 2 amide bonds. The van der Waals surface area contributed by atoms with E-state index in [1.54, 1.807) is 24.3 Å². The van der Waals surface area contributed by atoms with Gasteiger partial charge < -0.3 is 15.7 Å². The summed E-state index contributed by atoms with van der Waals surface area (Å²) in [5, 5.41) is 14.9. The summed E-state index contributed by atoms with van der Waals surface area (Å²) in [6.45, 7) is 0. The van der Waals surface area contributed by atoms with Gasteiger partial charge in [-0.05, 0) is 25.0 Å². The summed E-state index contributed by atoms with van der Waals surface area (Å²) < 4.78 is 0. The molecule has 0 unspecified atom stereocenters. The molecule has 1 fully saturated rings. The van der Waals surface area contributed by atoms with Gasteiger partial charge in [0, 0.05) is 13.5 Å². The largest absolute Gasteiger partial charge is 0.481 e. The van der Waals surface area contributed by atoms with Crippen LogP contribution in [0.5, 0.6) is 0 Å². The number of anilines is 1. The summed E-state index contributed by atoms with van der Waals surface area (Å²) in [5.41, 5.74) is -0.239. The first-order chi connectivity index (χ1) is 11.5. The normalized spacial score (nSPS) is 16.7. The highest BCUT2D eigenvalue weighted by atomic mass is 16.4. The molecule has 0 radical (unpaired) electrons. The van der Waals surface area contributed by atoms with E-state index in [9.17, 15) is 19.5 Å². The molecule has 3 N–H and O–H groups in total. The van der Waals surface area contributed by atoms with Crippen LogP contribution in [0.15, 0.2) is 24.3 Å². The molecule has 0 saturated heterocycles. The lowest BCUT2D eigenvalue weighted by atomic mass is 9.77. The maximum Gasteiger partial charge on any atom is 0.310 e. The molecule has 24 heavy (non-hydrogen) atoms. The minimum atomic E-state index is -0.997. The highest BCUT2D eigenvalue weighted by Crippen LogP contribution is 2.38. The van der Waals surface area contributed by atoms with E-state index < -0.39 is 11.4 Å². The van der Waals surface area contributed by atoms with E-state index >= 15 is 0 Å². The number of hydrogen-bond acceptors (Lipinski definition) is 3. The zero-order chi connectivity index (χ0) is 17.6. The van der Waals surface area contributed by atoms with Gasteiger partial charge in [-0.3, -0.25) is 14.4 Å². The number of rotatable bonds is 5. The Morgan fingerprint density at radius 3 is 2.29 bits per heavy atom. The van der Waals surface area contributed by atoms with Gasteiger partial charge in [0.1, 0.15) is 0 Å². The molecule has 1 aromatic rings. The zero-order valence-corrected chi connectivity index (χ0v) is 13.9. The van der Waals surface area contributed by atoms with Crippen LogP contribution in [0.4, 0.5) is 5.69 Å².